The van der Waals surface area contributed by atoms with Gasteiger partial charge in [0.25, 0.3) is 0 Å². The van der Waals surface area contributed by atoms with Crippen LogP contribution in [0, 0.1) is 11.3 Å². The predicted octanol–water partition coefficient (Wildman–Crippen LogP) is 2.66. The number of amides is 2. The number of rotatable bonds is 4. The van der Waals surface area contributed by atoms with Crippen molar-refractivity contribution in [1.82, 2.24) is 4.90 Å². The van der Waals surface area contributed by atoms with Crippen LogP contribution in [0.4, 0.5) is 4.79 Å². The Labute approximate surface area is 125 Å². The molecule has 6 nitrogen and oxygen atoms in total. The summed E-state index contributed by atoms with van der Waals surface area (Å²) in [5, 5.41) is 9.09. The molecule has 0 bridgehead atoms. The van der Waals surface area contributed by atoms with Gasteiger partial charge in [-0.1, -0.05) is 13.8 Å². The lowest BCUT2D eigenvalue weighted by Crippen LogP contribution is -2.42. The van der Waals surface area contributed by atoms with Crippen LogP contribution in [0.25, 0.3) is 0 Å². The van der Waals surface area contributed by atoms with Crippen molar-refractivity contribution in [3.63, 3.8) is 0 Å². The normalized spacial score (nSPS) is 22.8. The molecule has 1 aliphatic heterocycles. The summed E-state index contributed by atoms with van der Waals surface area (Å²) in [6.45, 7) is 9.27. The van der Waals surface area contributed by atoms with Gasteiger partial charge in [-0.3, -0.25) is 9.59 Å². The Morgan fingerprint density at radius 1 is 1.38 bits per heavy atom. The van der Waals surface area contributed by atoms with Crippen molar-refractivity contribution in [3.8, 4) is 0 Å². The van der Waals surface area contributed by atoms with Crippen molar-refractivity contribution < 1.29 is 24.2 Å². The maximum atomic E-state index is 12.6. The number of hydrogen-bond acceptors (Lipinski definition) is 4. The van der Waals surface area contributed by atoms with E-state index in [0.717, 1.165) is 4.90 Å². The van der Waals surface area contributed by atoms with Gasteiger partial charge in [-0.25, -0.2) is 9.69 Å². The van der Waals surface area contributed by atoms with Crippen molar-refractivity contribution in [2.24, 2.45) is 11.3 Å². The van der Waals surface area contributed by atoms with Gasteiger partial charge in [0, 0.05) is 6.54 Å². The molecular formula is C15H25NO5. The number of carboxylic acids is 1. The van der Waals surface area contributed by atoms with Gasteiger partial charge in [-0.05, 0) is 39.5 Å². The largest absolute Gasteiger partial charge is 0.481 e. The van der Waals surface area contributed by atoms with Crippen molar-refractivity contribution >= 4 is 18.0 Å². The molecular weight excluding hydrogens is 274 g/mol. The Bertz CT molecular complexity index is 438. The SMILES string of the molecule is CC(C)CC1(CC(=O)O)CCN(C(=O)OC(C)(C)C)C1=O. The fourth-order valence-electron chi connectivity index (χ4n) is 2.81. The molecule has 0 radical (unpaired) electrons. The lowest BCUT2D eigenvalue weighted by molar-refractivity contribution is -0.147. The van der Waals surface area contributed by atoms with Gasteiger partial charge in [-0.2, -0.15) is 0 Å². The van der Waals surface area contributed by atoms with Crippen LogP contribution in [-0.2, 0) is 14.3 Å². The number of carboxylic acid groups (broad SMARTS) is 1. The summed E-state index contributed by atoms with van der Waals surface area (Å²) in [6, 6.07) is 0. The molecule has 0 aliphatic carbocycles. The van der Waals surface area contributed by atoms with Crippen LogP contribution in [0.5, 0.6) is 0 Å². The number of nitrogens with zero attached hydrogens (tertiary/aromatic N) is 1. The molecule has 0 saturated carbocycles. The van der Waals surface area contributed by atoms with E-state index < -0.39 is 29.0 Å². The summed E-state index contributed by atoms with van der Waals surface area (Å²) in [7, 11) is 0. The van der Waals surface area contributed by atoms with Gasteiger partial charge in [0.15, 0.2) is 0 Å². The van der Waals surface area contributed by atoms with Gasteiger partial charge in [-0.15, -0.1) is 0 Å². The first-order valence-electron chi connectivity index (χ1n) is 7.23. The first-order chi connectivity index (χ1) is 9.47. The molecule has 1 N–H and O–H groups in total. The van der Waals surface area contributed by atoms with Crippen LogP contribution in [0.1, 0.15) is 53.9 Å². The van der Waals surface area contributed by atoms with E-state index in [1.54, 1.807) is 20.8 Å². The molecule has 120 valence electrons. The van der Waals surface area contributed by atoms with Crippen LogP contribution in [0.15, 0.2) is 0 Å². The highest BCUT2D eigenvalue weighted by molar-refractivity contribution is 5.98. The summed E-state index contributed by atoms with van der Waals surface area (Å²) in [4.78, 5) is 36.8. The minimum absolute atomic E-state index is 0.173. The van der Waals surface area contributed by atoms with Crippen LogP contribution < -0.4 is 0 Å². The number of carbonyl (C=O) groups excluding carboxylic acids is 2. The number of carbonyl (C=O) groups is 3. The highest BCUT2D eigenvalue weighted by atomic mass is 16.6. The molecule has 0 aromatic rings. The number of imide groups is 1. The first-order valence-corrected chi connectivity index (χ1v) is 7.23. The fraction of sp³-hybridized carbons (Fsp3) is 0.800. The molecule has 1 fully saturated rings. The van der Waals surface area contributed by atoms with E-state index >= 15 is 0 Å². The van der Waals surface area contributed by atoms with E-state index in [2.05, 4.69) is 0 Å². The second-order valence-electron chi connectivity index (χ2n) is 7.14. The molecule has 21 heavy (non-hydrogen) atoms. The fourth-order valence-corrected chi connectivity index (χ4v) is 2.81. The van der Waals surface area contributed by atoms with E-state index in [1.165, 1.54) is 0 Å². The topological polar surface area (TPSA) is 83.9 Å². The molecule has 1 heterocycles. The Morgan fingerprint density at radius 3 is 2.38 bits per heavy atom. The van der Waals surface area contributed by atoms with Gasteiger partial charge in [0.2, 0.25) is 5.91 Å². The number of likely N-dealkylation sites (tertiary alicyclic amines) is 1. The van der Waals surface area contributed by atoms with Crippen LogP contribution in [-0.4, -0.2) is 40.1 Å². The summed E-state index contributed by atoms with van der Waals surface area (Å²) in [5.41, 5.74) is -1.68. The minimum atomic E-state index is -1.02. The second kappa shape index (κ2) is 6.03. The lowest BCUT2D eigenvalue weighted by Gasteiger charge is -2.28. The molecule has 1 saturated heterocycles. The highest BCUT2D eigenvalue weighted by Crippen LogP contribution is 2.41. The van der Waals surface area contributed by atoms with E-state index in [-0.39, 0.29) is 18.9 Å². The van der Waals surface area contributed by atoms with Crippen LogP contribution in [0.3, 0.4) is 0 Å². The Hall–Kier alpha value is -1.59. The lowest BCUT2D eigenvalue weighted by atomic mass is 9.76. The van der Waals surface area contributed by atoms with E-state index in [9.17, 15) is 14.4 Å². The van der Waals surface area contributed by atoms with Crippen LogP contribution >= 0.6 is 0 Å². The number of ether oxygens (including phenoxy) is 1. The maximum absolute atomic E-state index is 12.6. The second-order valence-corrected chi connectivity index (χ2v) is 7.14. The molecule has 1 aliphatic rings. The zero-order chi connectivity index (χ0) is 16.4. The Kier molecular flexibility index (Phi) is 5.02. The zero-order valence-electron chi connectivity index (χ0n) is 13.4. The third kappa shape index (κ3) is 4.44. The number of aliphatic carboxylic acids is 1. The first kappa shape index (κ1) is 17.5. The molecule has 0 aromatic carbocycles. The molecule has 0 spiro atoms. The van der Waals surface area contributed by atoms with E-state index in [1.807, 2.05) is 13.8 Å². The molecule has 1 rings (SSSR count). The summed E-state index contributed by atoms with van der Waals surface area (Å²) >= 11 is 0. The summed E-state index contributed by atoms with van der Waals surface area (Å²) in [6.07, 6.45) is -0.112. The van der Waals surface area contributed by atoms with Gasteiger partial charge in [0.05, 0.1) is 11.8 Å². The predicted molar refractivity (Wildman–Crippen MR) is 76.7 cm³/mol. The van der Waals surface area contributed by atoms with Gasteiger partial charge >= 0.3 is 12.1 Å². The monoisotopic (exact) mass is 299 g/mol. The van der Waals surface area contributed by atoms with Crippen molar-refractivity contribution in [3.05, 3.63) is 0 Å². The molecule has 2 amide bonds. The molecule has 1 atom stereocenters. The number of hydrogen-bond donors (Lipinski definition) is 1. The third-order valence-corrected chi connectivity index (χ3v) is 3.42. The average molecular weight is 299 g/mol. The Balaban J connectivity index is 2.94. The van der Waals surface area contributed by atoms with Crippen molar-refractivity contribution in [2.45, 2.75) is 59.5 Å². The summed E-state index contributed by atoms with van der Waals surface area (Å²) in [5.74, 6) is -1.27. The van der Waals surface area contributed by atoms with E-state index in [4.69, 9.17) is 9.84 Å². The standard InChI is InChI=1S/C15H25NO5/c1-10(2)8-15(9-11(17)18)6-7-16(12(15)19)13(20)21-14(3,4)5/h10H,6-9H2,1-5H3,(H,17,18). The third-order valence-electron chi connectivity index (χ3n) is 3.42. The van der Waals surface area contributed by atoms with Crippen LogP contribution in [0.2, 0.25) is 0 Å². The Morgan fingerprint density at radius 2 is 1.95 bits per heavy atom. The average Bonchev–Trinajstić information content (AvgIpc) is 2.52. The quantitative estimate of drug-likeness (QED) is 0.862. The van der Waals surface area contributed by atoms with Crippen molar-refractivity contribution in [2.75, 3.05) is 6.54 Å². The highest BCUT2D eigenvalue weighted by Gasteiger charge is 2.50. The minimum Gasteiger partial charge on any atom is -0.481 e. The smallest absolute Gasteiger partial charge is 0.417 e. The molecule has 1 unspecified atom stereocenters. The molecule has 0 aromatic heterocycles. The van der Waals surface area contributed by atoms with Crippen molar-refractivity contribution in [1.29, 1.82) is 0 Å². The van der Waals surface area contributed by atoms with Gasteiger partial charge < -0.3 is 9.84 Å². The zero-order valence-corrected chi connectivity index (χ0v) is 13.4. The summed E-state index contributed by atoms with van der Waals surface area (Å²) < 4.78 is 5.21. The van der Waals surface area contributed by atoms with E-state index in [0.29, 0.717) is 12.8 Å². The maximum Gasteiger partial charge on any atom is 0.417 e. The van der Waals surface area contributed by atoms with Gasteiger partial charge in [0.1, 0.15) is 5.60 Å². The molecule has 6 heteroatoms.